The Bertz CT molecular complexity index is 779. The van der Waals surface area contributed by atoms with Crippen LogP contribution in [0.15, 0.2) is 24.3 Å². The molecule has 2 rings (SSSR count). The van der Waals surface area contributed by atoms with E-state index in [9.17, 15) is 19.2 Å². The van der Waals surface area contributed by atoms with Gasteiger partial charge in [0.2, 0.25) is 11.8 Å². The number of carbonyl (C=O) groups is 4. The van der Waals surface area contributed by atoms with E-state index in [-0.39, 0.29) is 24.9 Å². The number of nitrogens with zero attached hydrogens (tertiary/aromatic N) is 1. The smallest absolute Gasteiger partial charge is 0.325 e. The molecule has 1 saturated heterocycles. The van der Waals surface area contributed by atoms with Crippen LogP contribution < -0.4 is 20.7 Å². The molecule has 1 aliphatic heterocycles. The predicted octanol–water partition coefficient (Wildman–Crippen LogP) is 0.189. The first-order chi connectivity index (χ1) is 13.2. The second-order valence-electron chi connectivity index (χ2n) is 7.14. The Labute approximate surface area is 163 Å². The lowest BCUT2D eigenvalue weighted by Gasteiger charge is -2.22. The summed E-state index contributed by atoms with van der Waals surface area (Å²) in [6.07, 6.45) is 0.219. The van der Waals surface area contributed by atoms with Gasteiger partial charge in [-0.3, -0.25) is 19.3 Å². The van der Waals surface area contributed by atoms with E-state index in [1.807, 2.05) is 18.2 Å². The summed E-state index contributed by atoms with van der Waals surface area (Å²) in [4.78, 5) is 49.6. The minimum Gasteiger partial charge on any atom is -0.496 e. The highest BCUT2D eigenvalue weighted by atomic mass is 16.5. The Hall–Kier alpha value is -3.10. The molecule has 3 N–H and O–H groups in total. The molecule has 9 heteroatoms. The average molecular weight is 390 g/mol. The molecule has 9 nitrogen and oxygen atoms in total. The maximum absolute atomic E-state index is 12.8. The number of amides is 5. The molecule has 0 bridgehead atoms. The van der Waals surface area contributed by atoms with Crippen LogP contribution in [0.5, 0.6) is 5.75 Å². The molecule has 1 aliphatic rings. The molecule has 28 heavy (non-hydrogen) atoms. The number of benzene rings is 1. The second kappa shape index (κ2) is 8.73. The highest BCUT2D eigenvalue weighted by molar-refractivity contribution is 6.09. The Kier molecular flexibility index (Phi) is 6.61. The lowest BCUT2D eigenvalue weighted by molar-refractivity contribution is -0.134. The number of imide groups is 1. The summed E-state index contributed by atoms with van der Waals surface area (Å²) < 4.78 is 5.30. The van der Waals surface area contributed by atoms with Gasteiger partial charge in [-0.15, -0.1) is 0 Å². The molecule has 0 spiro atoms. The Morgan fingerprint density at radius 3 is 2.54 bits per heavy atom. The van der Waals surface area contributed by atoms with Crippen molar-refractivity contribution in [3.63, 3.8) is 0 Å². The van der Waals surface area contributed by atoms with Gasteiger partial charge in [-0.1, -0.05) is 18.2 Å². The third-order valence-electron chi connectivity index (χ3n) is 4.28. The lowest BCUT2D eigenvalue weighted by Crippen LogP contribution is -2.47. The van der Waals surface area contributed by atoms with Gasteiger partial charge in [0.05, 0.1) is 13.7 Å². The van der Waals surface area contributed by atoms with Crippen molar-refractivity contribution in [1.29, 1.82) is 0 Å². The quantitative estimate of drug-likeness (QED) is 0.548. The summed E-state index contributed by atoms with van der Waals surface area (Å²) in [6.45, 7) is 4.53. The summed E-state index contributed by atoms with van der Waals surface area (Å²) in [5.41, 5.74) is -0.432. The van der Waals surface area contributed by atoms with Crippen molar-refractivity contribution in [2.45, 2.75) is 38.8 Å². The first-order valence-corrected chi connectivity index (χ1v) is 8.98. The largest absolute Gasteiger partial charge is 0.496 e. The van der Waals surface area contributed by atoms with Crippen LogP contribution in [0, 0.1) is 0 Å². The lowest BCUT2D eigenvalue weighted by atomic mass is 9.92. The molecule has 0 aromatic heterocycles. The Morgan fingerprint density at radius 2 is 1.89 bits per heavy atom. The van der Waals surface area contributed by atoms with Crippen molar-refractivity contribution in [2.75, 3.05) is 20.2 Å². The van der Waals surface area contributed by atoms with Gasteiger partial charge in [-0.2, -0.15) is 0 Å². The van der Waals surface area contributed by atoms with Gasteiger partial charge in [-0.05, 0) is 32.4 Å². The third-order valence-corrected chi connectivity index (χ3v) is 4.28. The fourth-order valence-electron chi connectivity index (χ4n) is 2.99. The van der Waals surface area contributed by atoms with Crippen molar-refractivity contribution >= 4 is 23.8 Å². The van der Waals surface area contributed by atoms with Crippen molar-refractivity contribution in [3.8, 4) is 5.75 Å². The second-order valence-corrected chi connectivity index (χ2v) is 7.14. The van der Waals surface area contributed by atoms with E-state index >= 15 is 0 Å². The van der Waals surface area contributed by atoms with Gasteiger partial charge in [0, 0.05) is 12.5 Å². The molecule has 5 amide bonds. The van der Waals surface area contributed by atoms with Gasteiger partial charge in [0.15, 0.2) is 0 Å². The number of rotatable bonds is 8. The molecule has 0 saturated carbocycles. The maximum Gasteiger partial charge on any atom is 0.325 e. The molecule has 1 fully saturated rings. The van der Waals surface area contributed by atoms with Crippen molar-refractivity contribution in [1.82, 2.24) is 20.9 Å². The molecule has 1 atom stereocenters. The van der Waals surface area contributed by atoms with Crippen LogP contribution in [0.1, 0.15) is 26.3 Å². The van der Waals surface area contributed by atoms with Crippen LogP contribution in [0.3, 0.4) is 0 Å². The number of ether oxygens (including phenoxy) is 1. The summed E-state index contributed by atoms with van der Waals surface area (Å²) in [5, 5.41) is 7.69. The van der Waals surface area contributed by atoms with Crippen molar-refractivity contribution in [2.24, 2.45) is 0 Å². The molecule has 0 aliphatic carbocycles. The van der Waals surface area contributed by atoms with Crippen LogP contribution in [0.4, 0.5) is 4.79 Å². The molecule has 152 valence electrons. The Balaban J connectivity index is 2.00. The molecular weight excluding hydrogens is 364 g/mol. The number of hydrogen-bond donors (Lipinski definition) is 3. The highest BCUT2D eigenvalue weighted by Gasteiger charge is 2.48. The summed E-state index contributed by atoms with van der Waals surface area (Å²) >= 11 is 0. The van der Waals surface area contributed by atoms with Gasteiger partial charge in [0.25, 0.3) is 5.91 Å². The van der Waals surface area contributed by atoms with Crippen molar-refractivity contribution in [3.05, 3.63) is 29.8 Å². The standard InChI is InChI=1S/C19H26N4O5/c1-12(2)21-15(24)10-20-16(25)11-23-17(26)19(3,22-18(23)27)9-13-7-5-6-8-14(13)28-4/h5-8,12H,9-11H2,1-4H3,(H,20,25)(H,21,24)(H,22,27)/t19-/m0/s1. The highest BCUT2D eigenvalue weighted by Crippen LogP contribution is 2.27. The molecule has 1 heterocycles. The van der Waals surface area contributed by atoms with Gasteiger partial charge >= 0.3 is 6.03 Å². The Morgan fingerprint density at radius 1 is 1.21 bits per heavy atom. The topological polar surface area (TPSA) is 117 Å². The average Bonchev–Trinajstić information content (AvgIpc) is 2.83. The van der Waals surface area contributed by atoms with Crippen LogP contribution in [-0.4, -0.2) is 60.4 Å². The molecule has 0 radical (unpaired) electrons. The molecule has 0 unspecified atom stereocenters. The van der Waals surface area contributed by atoms with Gasteiger partial charge in [0.1, 0.15) is 17.8 Å². The van der Waals surface area contributed by atoms with E-state index in [0.717, 1.165) is 10.5 Å². The summed E-state index contributed by atoms with van der Waals surface area (Å²) in [7, 11) is 1.53. The molecular formula is C19H26N4O5. The normalized spacial score (nSPS) is 18.8. The number of para-hydroxylation sites is 1. The molecule has 1 aromatic carbocycles. The van der Waals surface area contributed by atoms with E-state index < -0.39 is 29.9 Å². The first kappa shape index (κ1) is 21.2. The molecule has 1 aromatic rings. The fraction of sp³-hybridized carbons (Fsp3) is 0.474. The van der Waals surface area contributed by atoms with Gasteiger partial charge in [-0.25, -0.2) is 4.79 Å². The van der Waals surface area contributed by atoms with Crippen LogP contribution >= 0.6 is 0 Å². The minimum absolute atomic E-state index is 0.0500. The number of urea groups is 1. The first-order valence-electron chi connectivity index (χ1n) is 8.98. The summed E-state index contributed by atoms with van der Waals surface area (Å²) in [6, 6.07) is 6.51. The van der Waals surface area contributed by atoms with E-state index in [4.69, 9.17) is 4.74 Å². The summed E-state index contributed by atoms with van der Waals surface area (Å²) in [5.74, 6) is -0.839. The number of nitrogens with one attached hydrogen (secondary N) is 3. The third kappa shape index (κ3) is 4.99. The van der Waals surface area contributed by atoms with Crippen LogP contribution in [0.2, 0.25) is 0 Å². The number of carbonyl (C=O) groups excluding carboxylic acids is 4. The predicted molar refractivity (Wildman–Crippen MR) is 102 cm³/mol. The van der Waals surface area contributed by atoms with Crippen molar-refractivity contribution < 1.29 is 23.9 Å². The van der Waals surface area contributed by atoms with E-state index in [2.05, 4.69) is 16.0 Å². The van der Waals surface area contributed by atoms with E-state index in [0.29, 0.717) is 5.75 Å². The minimum atomic E-state index is -1.19. The SMILES string of the molecule is COc1ccccc1C[C@]1(C)NC(=O)N(CC(=O)NCC(=O)NC(C)C)C1=O. The monoisotopic (exact) mass is 390 g/mol. The fourth-order valence-corrected chi connectivity index (χ4v) is 2.99. The van der Waals surface area contributed by atoms with Crippen LogP contribution in [0.25, 0.3) is 0 Å². The number of hydrogen-bond acceptors (Lipinski definition) is 5. The van der Waals surface area contributed by atoms with E-state index in [1.165, 1.54) is 7.11 Å². The zero-order chi connectivity index (χ0) is 20.9. The maximum atomic E-state index is 12.8. The zero-order valence-electron chi connectivity index (χ0n) is 16.5. The van der Waals surface area contributed by atoms with Gasteiger partial charge < -0.3 is 20.7 Å². The van der Waals surface area contributed by atoms with E-state index in [1.54, 1.807) is 26.8 Å². The number of methoxy groups -OCH3 is 1. The van der Waals surface area contributed by atoms with Crippen LogP contribution in [-0.2, 0) is 20.8 Å². The zero-order valence-corrected chi connectivity index (χ0v) is 16.5.